The Labute approximate surface area is 205 Å². The van der Waals surface area contributed by atoms with Crippen molar-refractivity contribution in [2.45, 2.75) is 24.3 Å². The van der Waals surface area contributed by atoms with Gasteiger partial charge < -0.3 is 14.6 Å². The van der Waals surface area contributed by atoms with E-state index in [2.05, 4.69) is 20.5 Å². The number of amides is 1. The molecule has 10 heteroatoms. The predicted molar refractivity (Wildman–Crippen MR) is 134 cm³/mol. The van der Waals surface area contributed by atoms with Gasteiger partial charge in [-0.15, -0.1) is 21.5 Å². The number of esters is 1. The largest absolute Gasteiger partial charge is 0.462 e. The van der Waals surface area contributed by atoms with E-state index in [0.717, 1.165) is 16.0 Å². The van der Waals surface area contributed by atoms with E-state index in [4.69, 9.17) is 4.74 Å². The molecule has 0 bridgehead atoms. The van der Waals surface area contributed by atoms with Gasteiger partial charge in [-0.1, -0.05) is 42.1 Å². The molecule has 8 nitrogen and oxygen atoms in total. The minimum Gasteiger partial charge on any atom is -0.462 e. The maximum atomic E-state index is 13.0. The Balaban J connectivity index is 1.52. The van der Waals surface area contributed by atoms with Gasteiger partial charge in [0.2, 0.25) is 5.91 Å². The van der Waals surface area contributed by atoms with Crippen LogP contribution in [0.2, 0.25) is 0 Å². The van der Waals surface area contributed by atoms with Crippen molar-refractivity contribution in [2.24, 2.45) is 7.05 Å². The number of ether oxygens (including phenoxy) is 1. The smallest absolute Gasteiger partial charge is 0.341 e. The number of anilines is 1. The summed E-state index contributed by atoms with van der Waals surface area (Å²) < 4.78 is 7.04. The second kappa shape index (κ2) is 10.6. The van der Waals surface area contributed by atoms with E-state index in [1.54, 1.807) is 32.3 Å². The zero-order valence-electron chi connectivity index (χ0n) is 18.9. The highest BCUT2D eigenvalue weighted by Crippen LogP contribution is 2.36. The fourth-order valence-corrected chi connectivity index (χ4v) is 5.05. The number of nitrogens with one attached hydrogen (secondary N) is 1. The lowest BCUT2D eigenvalue weighted by molar-refractivity contribution is -0.115. The van der Waals surface area contributed by atoms with Crippen molar-refractivity contribution >= 4 is 40.0 Å². The molecular weight excluding hydrogens is 470 g/mol. The van der Waals surface area contributed by atoms with Crippen molar-refractivity contribution in [3.8, 4) is 21.8 Å². The summed E-state index contributed by atoms with van der Waals surface area (Å²) in [4.78, 5) is 30.5. The van der Waals surface area contributed by atoms with Crippen LogP contribution in [-0.2, 0) is 16.6 Å². The first-order valence-corrected chi connectivity index (χ1v) is 12.3. The quantitative estimate of drug-likeness (QED) is 0.275. The normalized spacial score (nSPS) is 11.7. The highest BCUT2D eigenvalue weighted by Gasteiger charge is 2.24. The number of aromatic nitrogens is 4. The standard InChI is InChI=1S/C24H23N5O3S2/c1-4-32-23(31)18-14-19(16-8-6-5-7-9-16)34-22(18)26-21(30)15(2)33-24-28-27-20(29(24)3)17-10-12-25-13-11-17/h5-15H,4H2,1-3H3,(H,26,30)/t15-/m1/s1. The highest BCUT2D eigenvalue weighted by atomic mass is 32.2. The van der Waals surface area contributed by atoms with Crippen molar-refractivity contribution in [1.29, 1.82) is 0 Å². The summed E-state index contributed by atoms with van der Waals surface area (Å²) in [6.45, 7) is 3.79. The number of benzene rings is 1. The van der Waals surface area contributed by atoms with Crippen molar-refractivity contribution < 1.29 is 14.3 Å². The third-order valence-electron chi connectivity index (χ3n) is 4.95. The van der Waals surface area contributed by atoms with Gasteiger partial charge in [0.15, 0.2) is 11.0 Å². The van der Waals surface area contributed by atoms with Crippen LogP contribution in [0.15, 0.2) is 66.1 Å². The Morgan fingerprint density at radius 1 is 1.12 bits per heavy atom. The van der Waals surface area contributed by atoms with Crippen LogP contribution in [0, 0.1) is 0 Å². The van der Waals surface area contributed by atoms with Crippen LogP contribution in [0.1, 0.15) is 24.2 Å². The Bertz CT molecular complexity index is 1290. The number of pyridine rings is 1. The van der Waals surface area contributed by atoms with Gasteiger partial charge in [-0.2, -0.15) is 0 Å². The Kier molecular flexibility index (Phi) is 7.39. The fourth-order valence-electron chi connectivity index (χ4n) is 3.18. The van der Waals surface area contributed by atoms with Crippen molar-refractivity contribution in [1.82, 2.24) is 19.7 Å². The number of thiophene rings is 1. The molecule has 0 aliphatic rings. The summed E-state index contributed by atoms with van der Waals surface area (Å²) >= 11 is 2.63. The number of thioether (sulfide) groups is 1. The van der Waals surface area contributed by atoms with E-state index in [9.17, 15) is 9.59 Å². The molecule has 1 N–H and O–H groups in total. The summed E-state index contributed by atoms with van der Waals surface area (Å²) in [6, 6.07) is 15.2. The molecule has 0 fully saturated rings. The summed E-state index contributed by atoms with van der Waals surface area (Å²) in [6.07, 6.45) is 3.39. The number of rotatable bonds is 8. The van der Waals surface area contributed by atoms with E-state index in [1.807, 2.05) is 54.1 Å². The second-order valence-electron chi connectivity index (χ2n) is 7.29. The van der Waals surface area contributed by atoms with Crippen LogP contribution in [0.4, 0.5) is 5.00 Å². The van der Waals surface area contributed by atoms with Crippen LogP contribution in [-0.4, -0.2) is 43.5 Å². The van der Waals surface area contributed by atoms with E-state index < -0.39 is 11.2 Å². The fraction of sp³-hybridized carbons (Fsp3) is 0.208. The van der Waals surface area contributed by atoms with Crippen molar-refractivity contribution in [3.05, 3.63) is 66.5 Å². The summed E-state index contributed by atoms with van der Waals surface area (Å²) in [5, 5.41) is 12.0. The molecule has 1 atom stereocenters. The van der Waals surface area contributed by atoms with E-state index in [1.165, 1.54) is 23.1 Å². The first-order valence-electron chi connectivity index (χ1n) is 10.6. The molecule has 0 spiro atoms. The van der Waals surface area contributed by atoms with Gasteiger partial charge in [0.25, 0.3) is 0 Å². The number of hydrogen-bond donors (Lipinski definition) is 1. The highest BCUT2D eigenvalue weighted by molar-refractivity contribution is 8.00. The number of carbonyl (C=O) groups is 2. The monoisotopic (exact) mass is 493 g/mol. The molecule has 4 rings (SSSR count). The van der Waals surface area contributed by atoms with Crippen LogP contribution in [0.3, 0.4) is 0 Å². The molecule has 0 unspecified atom stereocenters. The van der Waals surface area contributed by atoms with Crippen molar-refractivity contribution in [2.75, 3.05) is 11.9 Å². The lowest BCUT2D eigenvalue weighted by Gasteiger charge is -2.12. The molecule has 1 amide bonds. The van der Waals surface area contributed by atoms with Crippen molar-refractivity contribution in [3.63, 3.8) is 0 Å². The van der Waals surface area contributed by atoms with E-state index >= 15 is 0 Å². The number of carbonyl (C=O) groups excluding carboxylic acids is 2. The first kappa shape index (κ1) is 23.7. The molecule has 0 saturated heterocycles. The van der Waals surface area contributed by atoms with E-state index in [-0.39, 0.29) is 12.5 Å². The topological polar surface area (TPSA) is 99.0 Å². The van der Waals surface area contributed by atoms with Gasteiger partial charge in [0.1, 0.15) is 5.00 Å². The van der Waals surface area contributed by atoms with Gasteiger partial charge in [-0.25, -0.2) is 4.79 Å². The molecule has 4 aromatic rings. The Morgan fingerprint density at radius 3 is 2.56 bits per heavy atom. The minimum absolute atomic E-state index is 0.245. The van der Waals surface area contributed by atoms with E-state index in [0.29, 0.717) is 21.5 Å². The summed E-state index contributed by atoms with van der Waals surface area (Å²) in [7, 11) is 1.85. The zero-order chi connectivity index (χ0) is 24.1. The number of hydrogen-bond acceptors (Lipinski definition) is 8. The Hall–Kier alpha value is -3.50. The maximum absolute atomic E-state index is 13.0. The molecule has 0 aliphatic carbocycles. The zero-order valence-corrected chi connectivity index (χ0v) is 20.5. The molecule has 3 aromatic heterocycles. The second-order valence-corrected chi connectivity index (χ2v) is 9.65. The molecule has 0 aliphatic heterocycles. The summed E-state index contributed by atoms with van der Waals surface area (Å²) in [5.41, 5.74) is 2.19. The average Bonchev–Trinajstić information content (AvgIpc) is 3.44. The lowest BCUT2D eigenvalue weighted by Crippen LogP contribution is -2.23. The SMILES string of the molecule is CCOC(=O)c1cc(-c2ccccc2)sc1NC(=O)[C@@H](C)Sc1nnc(-c2ccncc2)n1C. The van der Waals surface area contributed by atoms with Gasteiger partial charge in [-0.05, 0) is 37.6 Å². The minimum atomic E-state index is -0.481. The predicted octanol–water partition coefficient (Wildman–Crippen LogP) is 4.90. The van der Waals surface area contributed by atoms with Crippen LogP contribution in [0.5, 0.6) is 0 Å². The first-order chi connectivity index (χ1) is 16.5. The van der Waals surface area contributed by atoms with Crippen LogP contribution >= 0.6 is 23.1 Å². The van der Waals surface area contributed by atoms with Gasteiger partial charge in [0.05, 0.1) is 17.4 Å². The summed E-state index contributed by atoms with van der Waals surface area (Å²) in [5.74, 6) is -0.0230. The molecule has 0 radical (unpaired) electrons. The molecule has 0 saturated carbocycles. The van der Waals surface area contributed by atoms with Crippen LogP contribution < -0.4 is 5.32 Å². The van der Waals surface area contributed by atoms with Gasteiger partial charge in [0, 0.05) is 29.9 Å². The average molecular weight is 494 g/mol. The third kappa shape index (κ3) is 5.18. The molecule has 3 heterocycles. The molecule has 174 valence electrons. The molecule has 34 heavy (non-hydrogen) atoms. The van der Waals surface area contributed by atoms with Gasteiger partial charge >= 0.3 is 5.97 Å². The molecule has 1 aromatic carbocycles. The molecular formula is C24H23N5O3S2. The maximum Gasteiger partial charge on any atom is 0.341 e. The lowest BCUT2D eigenvalue weighted by atomic mass is 10.1. The Morgan fingerprint density at radius 2 is 1.85 bits per heavy atom. The third-order valence-corrected chi connectivity index (χ3v) is 7.18. The van der Waals surface area contributed by atoms with Gasteiger partial charge in [-0.3, -0.25) is 9.78 Å². The van der Waals surface area contributed by atoms with Crippen LogP contribution in [0.25, 0.3) is 21.8 Å². The number of nitrogens with zero attached hydrogens (tertiary/aromatic N) is 4.